The van der Waals surface area contributed by atoms with Crippen LogP contribution >= 0.6 is 27.5 Å². The number of nitrogens with two attached hydrogens (primary N) is 1. The van der Waals surface area contributed by atoms with Gasteiger partial charge in [-0.3, -0.25) is 0 Å². The quantitative estimate of drug-likeness (QED) is 0.813. The second-order valence-electron chi connectivity index (χ2n) is 5.02. The predicted octanol–water partition coefficient (Wildman–Crippen LogP) is 5.10. The van der Waals surface area contributed by atoms with Crippen molar-refractivity contribution < 1.29 is 4.39 Å². The van der Waals surface area contributed by atoms with Crippen molar-refractivity contribution in [1.29, 1.82) is 0 Å². The Morgan fingerprint density at radius 3 is 2.35 bits per heavy atom. The molecule has 0 bridgehead atoms. The van der Waals surface area contributed by atoms with E-state index >= 15 is 0 Å². The fourth-order valence-electron chi connectivity index (χ4n) is 2.24. The molecule has 0 spiro atoms. The molecule has 0 aliphatic rings. The molecule has 2 aromatic carbocycles. The molecule has 1 unspecified atom stereocenters. The molecule has 106 valence electrons. The van der Waals surface area contributed by atoms with Crippen molar-refractivity contribution in [3.05, 3.63) is 67.9 Å². The van der Waals surface area contributed by atoms with Gasteiger partial charge >= 0.3 is 0 Å². The highest BCUT2D eigenvalue weighted by molar-refractivity contribution is 9.10. The molecule has 1 atom stereocenters. The second kappa shape index (κ2) is 6.25. The van der Waals surface area contributed by atoms with Crippen LogP contribution in [-0.4, -0.2) is 0 Å². The van der Waals surface area contributed by atoms with Crippen molar-refractivity contribution in [2.75, 3.05) is 0 Å². The molecule has 0 radical (unpaired) electrons. The lowest BCUT2D eigenvalue weighted by atomic mass is 9.96. The van der Waals surface area contributed by atoms with Crippen molar-refractivity contribution in [3.63, 3.8) is 0 Å². The van der Waals surface area contributed by atoms with Gasteiger partial charge in [0, 0.05) is 15.5 Å². The van der Waals surface area contributed by atoms with E-state index in [4.69, 9.17) is 17.3 Å². The van der Waals surface area contributed by atoms with Crippen molar-refractivity contribution in [3.8, 4) is 0 Å². The van der Waals surface area contributed by atoms with E-state index in [0.29, 0.717) is 11.4 Å². The summed E-state index contributed by atoms with van der Waals surface area (Å²) in [6.07, 6.45) is 0.583. The highest BCUT2D eigenvalue weighted by Crippen LogP contribution is 2.28. The first kappa shape index (κ1) is 15.5. The van der Waals surface area contributed by atoms with Crippen molar-refractivity contribution in [2.45, 2.75) is 26.3 Å². The maximum atomic E-state index is 13.0. The van der Waals surface area contributed by atoms with Crippen LogP contribution < -0.4 is 5.73 Å². The van der Waals surface area contributed by atoms with E-state index in [1.54, 1.807) is 6.07 Å². The predicted molar refractivity (Wildman–Crippen MR) is 85.7 cm³/mol. The van der Waals surface area contributed by atoms with Gasteiger partial charge in [-0.15, -0.1) is 0 Å². The van der Waals surface area contributed by atoms with Gasteiger partial charge in [-0.05, 0) is 54.7 Å². The molecular weight excluding hydrogens is 341 g/mol. The Morgan fingerprint density at radius 2 is 1.80 bits per heavy atom. The number of hydrogen-bond acceptors (Lipinski definition) is 1. The molecule has 0 amide bonds. The van der Waals surface area contributed by atoms with Crippen molar-refractivity contribution in [1.82, 2.24) is 0 Å². The minimum absolute atomic E-state index is 0.163. The van der Waals surface area contributed by atoms with Gasteiger partial charge in [-0.25, -0.2) is 4.39 Å². The molecule has 20 heavy (non-hydrogen) atoms. The molecule has 0 fully saturated rings. The molecule has 1 nitrogen and oxygen atoms in total. The molecule has 0 saturated heterocycles. The summed E-state index contributed by atoms with van der Waals surface area (Å²) in [6, 6.07) is 8.39. The van der Waals surface area contributed by atoms with Gasteiger partial charge in [0.2, 0.25) is 0 Å². The minimum Gasteiger partial charge on any atom is -0.324 e. The van der Waals surface area contributed by atoms with Crippen LogP contribution in [0.3, 0.4) is 0 Å². The van der Waals surface area contributed by atoms with E-state index in [9.17, 15) is 4.39 Å². The zero-order valence-electron chi connectivity index (χ0n) is 11.4. The monoisotopic (exact) mass is 355 g/mol. The Balaban J connectivity index is 2.26. The SMILES string of the molecule is Cc1cc(C(N)Cc2ccc(F)cc2Cl)cc(C)c1Br. The van der Waals surface area contributed by atoms with Crippen molar-refractivity contribution in [2.24, 2.45) is 5.73 Å². The molecule has 0 aliphatic carbocycles. The van der Waals surface area contributed by atoms with Crippen LogP contribution in [-0.2, 0) is 6.42 Å². The lowest BCUT2D eigenvalue weighted by Gasteiger charge is -2.16. The molecule has 2 N–H and O–H groups in total. The zero-order valence-corrected chi connectivity index (χ0v) is 13.7. The van der Waals surface area contributed by atoms with Crippen LogP contribution in [0, 0.1) is 19.7 Å². The van der Waals surface area contributed by atoms with E-state index in [2.05, 4.69) is 28.1 Å². The third kappa shape index (κ3) is 3.40. The van der Waals surface area contributed by atoms with Crippen LogP contribution in [0.5, 0.6) is 0 Å². The Morgan fingerprint density at radius 1 is 1.20 bits per heavy atom. The molecule has 4 heteroatoms. The highest BCUT2D eigenvalue weighted by Gasteiger charge is 2.12. The van der Waals surface area contributed by atoms with Crippen molar-refractivity contribution >= 4 is 27.5 Å². The summed E-state index contributed by atoms with van der Waals surface area (Å²) in [5.74, 6) is -0.331. The second-order valence-corrected chi connectivity index (χ2v) is 6.22. The van der Waals surface area contributed by atoms with E-state index in [-0.39, 0.29) is 11.9 Å². The first-order valence-corrected chi connectivity index (χ1v) is 7.51. The highest BCUT2D eigenvalue weighted by atomic mass is 79.9. The third-order valence-corrected chi connectivity index (χ3v) is 4.94. The summed E-state index contributed by atoms with van der Waals surface area (Å²) in [4.78, 5) is 0. The average molecular weight is 357 g/mol. The minimum atomic E-state index is -0.331. The van der Waals surface area contributed by atoms with Crippen LogP contribution in [0.25, 0.3) is 0 Å². The topological polar surface area (TPSA) is 26.0 Å². The first-order valence-electron chi connectivity index (χ1n) is 6.34. The van der Waals surface area contributed by atoms with Gasteiger partial charge in [0.15, 0.2) is 0 Å². The summed E-state index contributed by atoms with van der Waals surface area (Å²) in [5.41, 5.74) is 10.5. The summed E-state index contributed by atoms with van der Waals surface area (Å²) >= 11 is 9.59. The third-order valence-electron chi connectivity index (χ3n) is 3.34. The molecule has 0 heterocycles. The Hall–Kier alpha value is -0.900. The molecule has 0 aromatic heterocycles. The summed E-state index contributed by atoms with van der Waals surface area (Å²) in [5, 5.41) is 0.422. The number of benzene rings is 2. The lowest BCUT2D eigenvalue weighted by molar-refractivity contribution is 0.625. The Labute approximate surface area is 132 Å². The van der Waals surface area contributed by atoms with Gasteiger partial charge in [-0.2, -0.15) is 0 Å². The van der Waals surface area contributed by atoms with Gasteiger partial charge < -0.3 is 5.73 Å². The van der Waals surface area contributed by atoms with Crippen LogP contribution in [0.1, 0.15) is 28.3 Å². The van der Waals surface area contributed by atoms with Crippen LogP contribution in [0.4, 0.5) is 4.39 Å². The van der Waals surface area contributed by atoms with Gasteiger partial charge in [0.25, 0.3) is 0 Å². The first-order chi connectivity index (χ1) is 9.38. The zero-order chi connectivity index (χ0) is 14.9. The molecular formula is C16H16BrClFN. The number of halogens is 3. The number of rotatable bonds is 3. The van der Waals surface area contributed by atoms with Gasteiger partial charge in [0.1, 0.15) is 5.82 Å². The average Bonchev–Trinajstić information content (AvgIpc) is 2.38. The van der Waals surface area contributed by atoms with Gasteiger partial charge in [0.05, 0.1) is 0 Å². The fourth-order valence-corrected chi connectivity index (χ4v) is 2.71. The molecule has 0 aliphatic heterocycles. The standard InChI is InChI=1S/C16H16BrClFN/c1-9-5-12(6-10(2)16(9)17)15(20)7-11-3-4-13(19)8-14(11)18/h3-6,8,15H,7,20H2,1-2H3. The number of hydrogen-bond donors (Lipinski definition) is 1. The number of aryl methyl sites for hydroxylation is 2. The van der Waals surface area contributed by atoms with E-state index in [1.165, 1.54) is 12.1 Å². The lowest BCUT2D eigenvalue weighted by Crippen LogP contribution is -2.14. The van der Waals surface area contributed by atoms with E-state index in [0.717, 1.165) is 26.7 Å². The summed E-state index contributed by atoms with van der Waals surface area (Å²) in [6.45, 7) is 4.08. The normalized spacial score (nSPS) is 12.5. The largest absolute Gasteiger partial charge is 0.324 e. The van der Waals surface area contributed by atoms with E-state index in [1.807, 2.05) is 13.8 Å². The Bertz CT molecular complexity index is 619. The smallest absolute Gasteiger partial charge is 0.124 e. The molecule has 2 rings (SSSR count). The Kier molecular flexibility index (Phi) is 4.84. The van der Waals surface area contributed by atoms with Crippen LogP contribution in [0.2, 0.25) is 5.02 Å². The maximum Gasteiger partial charge on any atom is 0.124 e. The maximum absolute atomic E-state index is 13.0. The van der Waals surface area contributed by atoms with Gasteiger partial charge in [-0.1, -0.05) is 45.7 Å². The molecule has 2 aromatic rings. The van der Waals surface area contributed by atoms with Crippen LogP contribution in [0.15, 0.2) is 34.8 Å². The van der Waals surface area contributed by atoms with E-state index < -0.39 is 0 Å². The molecule has 0 saturated carbocycles. The summed E-state index contributed by atoms with van der Waals surface area (Å²) in [7, 11) is 0. The summed E-state index contributed by atoms with van der Waals surface area (Å²) < 4.78 is 14.1. The fraction of sp³-hybridized carbons (Fsp3) is 0.250.